The van der Waals surface area contributed by atoms with Crippen molar-refractivity contribution in [3.8, 4) is 11.5 Å². The summed E-state index contributed by atoms with van der Waals surface area (Å²) in [7, 11) is 1.52. The Morgan fingerprint density at radius 3 is 2.65 bits per heavy atom. The van der Waals surface area contributed by atoms with Gasteiger partial charge < -0.3 is 14.6 Å². The van der Waals surface area contributed by atoms with Gasteiger partial charge in [-0.05, 0) is 63.2 Å². The molecule has 0 heterocycles. The van der Waals surface area contributed by atoms with E-state index in [0.717, 1.165) is 20.2 Å². The Hall–Kier alpha value is -2.61. The SMILES string of the molecule is COc1cc(C=Nc2ccc3ccccc3c2)cc(I)c1OCC(=O)O. The van der Waals surface area contributed by atoms with Crippen LogP contribution < -0.4 is 9.47 Å². The number of aliphatic imine (C=N–C) groups is 1. The lowest BCUT2D eigenvalue weighted by Gasteiger charge is -2.12. The van der Waals surface area contributed by atoms with Crippen molar-refractivity contribution in [2.75, 3.05) is 13.7 Å². The molecular weight excluding hydrogens is 445 g/mol. The molecule has 1 N–H and O–H groups in total. The first kappa shape index (κ1) is 18.2. The Kier molecular flexibility index (Phi) is 5.72. The van der Waals surface area contributed by atoms with Crippen LogP contribution >= 0.6 is 22.6 Å². The number of benzene rings is 3. The summed E-state index contributed by atoms with van der Waals surface area (Å²) in [6.07, 6.45) is 1.75. The van der Waals surface area contributed by atoms with Crippen molar-refractivity contribution in [3.05, 3.63) is 63.7 Å². The van der Waals surface area contributed by atoms with Crippen LogP contribution in [0.3, 0.4) is 0 Å². The van der Waals surface area contributed by atoms with Crippen molar-refractivity contribution in [1.29, 1.82) is 0 Å². The molecule has 0 saturated carbocycles. The van der Waals surface area contributed by atoms with Crippen LogP contribution in [0.5, 0.6) is 11.5 Å². The molecule has 0 spiro atoms. The number of fused-ring (bicyclic) bond motifs is 1. The lowest BCUT2D eigenvalue weighted by atomic mass is 10.1. The minimum atomic E-state index is -1.04. The summed E-state index contributed by atoms with van der Waals surface area (Å²) in [5, 5.41) is 11.1. The van der Waals surface area contributed by atoms with E-state index in [1.165, 1.54) is 12.5 Å². The molecule has 26 heavy (non-hydrogen) atoms. The summed E-state index contributed by atoms with van der Waals surface area (Å²) in [5.74, 6) is -0.152. The van der Waals surface area contributed by atoms with Crippen molar-refractivity contribution < 1.29 is 19.4 Å². The number of ether oxygens (including phenoxy) is 2. The predicted molar refractivity (Wildman–Crippen MR) is 110 cm³/mol. The van der Waals surface area contributed by atoms with Gasteiger partial charge >= 0.3 is 5.97 Å². The fourth-order valence-corrected chi connectivity index (χ4v) is 3.28. The minimum absolute atomic E-state index is 0.415. The zero-order valence-corrected chi connectivity index (χ0v) is 16.1. The number of carbonyl (C=O) groups is 1. The van der Waals surface area contributed by atoms with E-state index in [1.807, 2.05) is 36.4 Å². The van der Waals surface area contributed by atoms with Gasteiger partial charge in [0.15, 0.2) is 18.1 Å². The zero-order valence-electron chi connectivity index (χ0n) is 14.0. The second kappa shape index (κ2) is 8.18. The third kappa shape index (κ3) is 4.32. The Labute approximate surface area is 164 Å². The number of hydrogen-bond acceptors (Lipinski definition) is 4. The number of nitrogens with zero attached hydrogens (tertiary/aromatic N) is 1. The van der Waals surface area contributed by atoms with Crippen LogP contribution in [0.15, 0.2) is 59.6 Å². The molecule has 0 saturated heterocycles. The van der Waals surface area contributed by atoms with E-state index in [2.05, 4.69) is 39.7 Å². The second-order valence-corrected chi connectivity index (χ2v) is 6.67. The Bertz CT molecular complexity index is 985. The van der Waals surface area contributed by atoms with Gasteiger partial charge in [-0.15, -0.1) is 0 Å². The van der Waals surface area contributed by atoms with Gasteiger partial charge in [-0.2, -0.15) is 0 Å². The predicted octanol–water partition coefficient (Wildman–Crippen LogP) is 4.67. The molecule has 0 amide bonds. The Morgan fingerprint density at radius 1 is 1.15 bits per heavy atom. The number of halogens is 1. The molecule has 0 aliphatic carbocycles. The smallest absolute Gasteiger partial charge is 0.341 e. The van der Waals surface area contributed by atoms with E-state index in [0.29, 0.717) is 11.5 Å². The lowest BCUT2D eigenvalue weighted by molar-refractivity contribution is -0.139. The van der Waals surface area contributed by atoms with Gasteiger partial charge in [0.1, 0.15) is 0 Å². The standard InChI is InChI=1S/C20H16INO4/c1-25-18-9-13(8-17(21)20(18)26-12-19(23)24)11-22-16-7-6-14-4-2-3-5-15(14)10-16/h2-11H,12H2,1H3,(H,23,24). The average Bonchev–Trinajstić information content (AvgIpc) is 2.64. The van der Waals surface area contributed by atoms with Gasteiger partial charge in [0, 0.05) is 6.21 Å². The fraction of sp³-hybridized carbons (Fsp3) is 0.100. The summed E-state index contributed by atoms with van der Waals surface area (Å²) in [6.45, 7) is -0.420. The van der Waals surface area contributed by atoms with Gasteiger partial charge in [0.05, 0.1) is 16.4 Å². The van der Waals surface area contributed by atoms with E-state index in [4.69, 9.17) is 14.6 Å². The second-order valence-electron chi connectivity index (χ2n) is 5.51. The van der Waals surface area contributed by atoms with Crippen LogP contribution in [0, 0.1) is 3.57 Å². The van der Waals surface area contributed by atoms with E-state index >= 15 is 0 Å². The number of rotatable bonds is 6. The van der Waals surface area contributed by atoms with Crippen molar-refractivity contribution in [3.63, 3.8) is 0 Å². The summed E-state index contributed by atoms with van der Waals surface area (Å²) in [5.41, 5.74) is 1.69. The summed E-state index contributed by atoms with van der Waals surface area (Å²) < 4.78 is 11.4. The molecular formula is C20H16INO4. The highest BCUT2D eigenvalue weighted by molar-refractivity contribution is 14.1. The zero-order chi connectivity index (χ0) is 18.5. The maximum atomic E-state index is 10.7. The van der Waals surface area contributed by atoms with Gasteiger partial charge in [0.2, 0.25) is 0 Å². The highest BCUT2D eigenvalue weighted by Crippen LogP contribution is 2.33. The average molecular weight is 461 g/mol. The molecule has 3 aromatic carbocycles. The monoisotopic (exact) mass is 461 g/mol. The van der Waals surface area contributed by atoms with E-state index in [1.54, 1.807) is 12.3 Å². The van der Waals surface area contributed by atoms with Crippen molar-refractivity contribution in [1.82, 2.24) is 0 Å². The van der Waals surface area contributed by atoms with Crippen LogP contribution in [0.2, 0.25) is 0 Å². The quantitative estimate of drug-likeness (QED) is 0.428. The molecule has 0 aliphatic rings. The minimum Gasteiger partial charge on any atom is -0.493 e. The van der Waals surface area contributed by atoms with E-state index < -0.39 is 12.6 Å². The van der Waals surface area contributed by atoms with Gasteiger partial charge in [0.25, 0.3) is 0 Å². The van der Waals surface area contributed by atoms with Crippen molar-refractivity contribution in [2.24, 2.45) is 4.99 Å². The highest BCUT2D eigenvalue weighted by Gasteiger charge is 2.12. The number of methoxy groups -OCH3 is 1. The van der Waals surface area contributed by atoms with Crippen molar-refractivity contribution >= 4 is 51.2 Å². The maximum absolute atomic E-state index is 10.7. The molecule has 3 rings (SSSR count). The van der Waals surface area contributed by atoms with Crippen LogP contribution in [-0.2, 0) is 4.79 Å². The van der Waals surface area contributed by atoms with Crippen LogP contribution in [0.25, 0.3) is 10.8 Å². The molecule has 5 nitrogen and oxygen atoms in total. The van der Waals surface area contributed by atoms with E-state index in [-0.39, 0.29) is 0 Å². The molecule has 0 unspecified atom stereocenters. The first-order chi connectivity index (χ1) is 12.6. The molecule has 0 fully saturated rings. The normalized spacial score (nSPS) is 11.0. The number of carboxylic acids is 1. The summed E-state index contributed by atoms with van der Waals surface area (Å²) >= 11 is 2.09. The van der Waals surface area contributed by atoms with E-state index in [9.17, 15) is 4.79 Å². The molecule has 0 aromatic heterocycles. The molecule has 6 heteroatoms. The topological polar surface area (TPSA) is 68.1 Å². The maximum Gasteiger partial charge on any atom is 0.341 e. The number of hydrogen-bond donors (Lipinski definition) is 1. The largest absolute Gasteiger partial charge is 0.493 e. The van der Waals surface area contributed by atoms with Gasteiger partial charge in [-0.1, -0.05) is 30.3 Å². The molecule has 132 valence electrons. The van der Waals surface area contributed by atoms with Crippen LogP contribution in [0.4, 0.5) is 5.69 Å². The third-order valence-corrected chi connectivity index (χ3v) is 4.49. The molecule has 3 aromatic rings. The molecule has 0 radical (unpaired) electrons. The van der Waals surface area contributed by atoms with Gasteiger partial charge in [-0.25, -0.2) is 4.79 Å². The van der Waals surface area contributed by atoms with Gasteiger partial charge in [-0.3, -0.25) is 4.99 Å². The van der Waals surface area contributed by atoms with Crippen LogP contribution in [-0.4, -0.2) is 31.0 Å². The molecule has 0 aliphatic heterocycles. The first-order valence-corrected chi connectivity index (χ1v) is 8.89. The number of carboxylic acid groups (broad SMARTS) is 1. The lowest BCUT2D eigenvalue weighted by Crippen LogP contribution is -2.11. The Morgan fingerprint density at radius 2 is 1.92 bits per heavy atom. The highest BCUT2D eigenvalue weighted by atomic mass is 127. The number of aliphatic carboxylic acids is 1. The molecule has 0 bridgehead atoms. The fourth-order valence-electron chi connectivity index (χ4n) is 2.49. The van der Waals surface area contributed by atoms with Crippen LogP contribution in [0.1, 0.15) is 5.56 Å². The summed E-state index contributed by atoms with van der Waals surface area (Å²) in [4.78, 5) is 15.2. The summed E-state index contributed by atoms with van der Waals surface area (Å²) in [6, 6.07) is 17.8. The Balaban J connectivity index is 1.87. The molecule has 0 atom stereocenters. The third-order valence-electron chi connectivity index (χ3n) is 3.69. The van der Waals surface area contributed by atoms with Crippen molar-refractivity contribution in [2.45, 2.75) is 0 Å². The first-order valence-electron chi connectivity index (χ1n) is 7.82.